The molecule has 0 radical (unpaired) electrons. The molecule has 2 amide bonds. The smallest absolute Gasteiger partial charge is 0.410 e. The molecule has 1 aliphatic heterocycles. The average molecular weight is 502 g/mol. The van der Waals surface area contributed by atoms with Crippen LogP contribution in [0.15, 0.2) is 36.9 Å². The number of carbonyl (C=O) groups is 2. The van der Waals surface area contributed by atoms with Crippen LogP contribution >= 0.6 is 11.3 Å². The van der Waals surface area contributed by atoms with E-state index in [0.717, 1.165) is 25.0 Å². The first-order valence-corrected chi connectivity index (χ1v) is 13.4. The molecule has 2 unspecified atom stereocenters. The predicted octanol–water partition coefficient (Wildman–Crippen LogP) is 6.42. The molecule has 1 aliphatic rings. The Morgan fingerprint density at radius 3 is 2.60 bits per heavy atom. The van der Waals surface area contributed by atoms with Gasteiger partial charge in [-0.2, -0.15) is 0 Å². The molecule has 6 nitrogen and oxygen atoms in total. The van der Waals surface area contributed by atoms with Crippen LogP contribution in [0.2, 0.25) is 0 Å². The van der Waals surface area contributed by atoms with Gasteiger partial charge in [-0.25, -0.2) is 4.79 Å². The van der Waals surface area contributed by atoms with E-state index >= 15 is 0 Å². The highest BCUT2D eigenvalue weighted by atomic mass is 32.1. The van der Waals surface area contributed by atoms with Gasteiger partial charge in [0.1, 0.15) is 5.60 Å². The Morgan fingerprint density at radius 2 is 1.97 bits per heavy atom. The number of hydrogen-bond donors (Lipinski definition) is 2. The zero-order valence-electron chi connectivity index (χ0n) is 22.2. The monoisotopic (exact) mass is 501 g/mol. The van der Waals surface area contributed by atoms with Gasteiger partial charge in [0.2, 0.25) is 6.41 Å². The van der Waals surface area contributed by atoms with Gasteiger partial charge in [-0.1, -0.05) is 38.6 Å². The number of nitrogens with one attached hydrogen (secondary N) is 2. The zero-order chi connectivity index (χ0) is 26.0. The van der Waals surface area contributed by atoms with E-state index in [-0.39, 0.29) is 12.1 Å². The van der Waals surface area contributed by atoms with Gasteiger partial charge >= 0.3 is 6.09 Å². The van der Waals surface area contributed by atoms with Gasteiger partial charge in [-0.3, -0.25) is 4.79 Å². The third kappa shape index (κ3) is 9.92. The lowest BCUT2D eigenvalue weighted by atomic mass is 10.0. The Bertz CT molecular complexity index is 931. The first-order chi connectivity index (χ1) is 16.5. The van der Waals surface area contributed by atoms with E-state index < -0.39 is 5.60 Å². The molecule has 0 spiro atoms. The summed E-state index contributed by atoms with van der Waals surface area (Å²) >= 11 is 1.80. The minimum Gasteiger partial charge on any atom is -0.444 e. The fourth-order valence-corrected chi connectivity index (χ4v) is 5.22. The molecule has 2 N–H and O–H groups in total. The molecule has 0 bridgehead atoms. The molecule has 35 heavy (non-hydrogen) atoms. The topological polar surface area (TPSA) is 70.7 Å². The fraction of sp³-hybridized carbons (Fsp3) is 0.571. The van der Waals surface area contributed by atoms with E-state index in [1.807, 2.05) is 20.8 Å². The van der Waals surface area contributed by atoms with Gasteiger partial charge in [0.05, 0.1) is 10.9 Å². The molecule has 0 saturated carbocycles. The number of nitrogens with zero attached hydrogens (tertiary/aromatic N) is 1. The van der Waals surface area contributed by atoms with E-state index in [1.165, 1.54) is 21.4 Å². The van der Waals surface area contributed by atoms with Crippen molar-refractivity contribution in [3.05, 3.63) is 41.8 Å². The molecule has 2 aromatic rings. The van der Waals surface area contributed by atoms with E-state index in [2.05, 4.69) is 68.3 Å². The van der Waals surface area contributed by atoms with E-state index in [1.54, 1.807) is 16.2 Å². The molecule has 7 heteroatoms. The fourth-order valence-electron chi connectivity index (χ4n) is 4.22. The van der Waals surface area contributed by atoms with Crippen molar-refractivity contribution in [3.63, 3.8) is 0 Å². The molecule has 1 aromatic carbocycles. The Morgan fingerprint density at radius 1 is 1.26 bits per heavy atom. The molecule has 1 saturated heterocycles. The van der Waals surface area contributed by atoms with Gasteiger partial charge in [0, 0.05) is 29.5 Å². The van der Waals surface area contributed by atoms with Crippen molar-refractivity contribution >= 4 is 39.6 Å². The number of amides is 2. The van der Waals surface area contributed by atoms with Crippen LogP contribution in [0.1, 0.15) is 72.1 Å². The van der Waals surface area contributed by atoms with Crippen LogP contribution in [-0.2, 0) is 9.53 Å². The zero-order valence-corrected chi connectivity index (χ0v) is 23.0. The number of hydrogen-bond acceptors (Lipinski definition) is 5. The van der Waals surface area contributed by atoms with Crippen LogP contribution in [0.3, 0.4) is 0 Å². The third-order valence-electron chi connectivity index (χ3n) is 5.66. The number of rotatable bonds is 8. The standard InChI is InChI=1S/C16H21NS.C12H22N2O3/c1-11(2)9-12(3)17-13(4)16-10-14-7-5-6-8-15(14)18-16;1-12(2,3)17-11(16)14-7-5-4-6-10(14)8-13-9-15/h5-8,10-12,17H,4,9H2,1-3H3;9-10H,4-8H2,1-3H3,(H,13,15). The number of likely N-dealkylation sites (tertiary alicyclic amines) is 1. The van der Waals surface area contributed by atoms with Gasteiger partial charge in [0.25, 0.3) is 0 Å². The molecular weight excluding hydrogens is 458 g/mol. The van der Waals surface area contributed by atoms with Gasteiger partial charge in [-0.15, -0.1) is 11.3 Å². The van der Waals surface area contributed by atoms with E-state index in [0.29, 0.717) is 31.5 Å². The number of carbonyl (C=O) groups excluding carboxylic acids is 2. The molecule has 2 heterocycles. The summed E-state index contributed by atoms with van der Waals surface area (Å²) in [6, 6.07) is 11.2. The van der Waals surface area contributed by atoms with Crippen molar-refractivity contribution in [3.8, 4) is 0 Å². The summed E-state index contributed by atoms with van der Waals surface area (Å²) < 4.78 is 6.68. The maximum Gasteiger partial charge on any atom is 0.410 e. The Balaban J connectivity index is 0.000000247. The maximum atomic E-state index is 12.0. The lowest BCUT2D eigenvalue weighted by molar-refractivity contribution is -0.109. The van der Waals surface area contributed by atoms with Crippen molar-refractivity contribution in [2.24, 2.45) is 5.92 Å². The third-order valence-corrected chi connectivity index (χ3v) is 6.84. The van der Waals surface area contributed by atoms with E-state index in [4.69, 9.17) is 4.74 Å². The summed E-state index contributed by atoms with van der Waals surface area (Å²) in [5, 5.41) is 7.44. The van der Waals surface area contributed by atoms with Crippen LogP contribution in [0, 0.1) is 5.92 Å². The molecular formula is C28H43N3O3S. The Kier molecular flexibility index (Phi) is 11.1. The lowest BCUT2D eigenvalue weighted by Crippen LogP contribution is -2.49. The average Bonchev–Trinajstić information content (AvgIpc) is 3.21. The number of ether oxygens (including phenoxy) is 1. The molecule has 1 fully saturated rings. The highest BCUT2D eigenvalue weighted by molar-refractivity contribution is 7.20. The lowest BCUT2D eigenvalue weighted by Gasteiger charge is -2.36. The first-order valence-electron chi connectivity index (χ1n) is 12.6. The van der Waals surface area contributed by atoms with Crippen molar-refractivity contribution in [1.82, 2.24) is 15.5 Å². The minimum absolute atomic E-state index is 0.0591. The van der Waals surface area contributed by atoms with Crippen molar-refractivity contribution in [2.45, 2.75) is 84.9 Å². The SMILES string of the molecule is C=C(NC(C)CC(C)C)c1cc2ccccc2s1.CC(C)(C)OC(=O)N1CCCCC1CNC=O. The Labute approximate surface area is 215 Å². The van der Waals surface area contributed by atoms with Crippen LogP contribution in [0.4, 0.5) is 4.79 Å². The van der Waals surface area contributed by atoms with Crippen LogP contribution in [0.5, 0.6) is 0 Å². The second-order valence-electron chi connectivity index (χ2n) is 10.7. The molecule has 3 rings (SSSR count). The highest BCUT2D eigenvalue weighted by Gasteiger charge is 2.30. The van der Waals surface area contributed by atoms with E-state index in [9.17, 15) is 9.59 Å². The highest BCUT2D eigenvalue weighted by Crippen LogP contribution is 2.29. The summed E-state index contributed by atoms with van der Waals surface area (Å²) in [6.07, 6.45) is 4.56. The maximum absolute atomic E-state index is 12.0. The van der Waals surface area contributed by atoms with Crippen LogP contribution < -0.4 is 10.6 Å². The van der Waals surface area contributed by atoms with Gasteiger partial charge < -0.3 is 20.3 Å². The second-order valence-corrected chi connectivity index (χ2v) is 11.7. The number of fused-ring (bicyclic) bond motifs is 1. The summed E-state index contributed by atoms with van der Waals surface area (Å²) in [4.78, 5) is 25.3. The summed E-state index contributed by atoms with van der Waals surface area (Å²) in [6.45, 7) is 17.7. The van der Waals surface area contributed by atoms with Crippen LogP contribution in [0.25, 0.3) is 15.8 Å². The largest absolute Gasteiger partial charge is 0.444 e. The Hall–Kier alpha value is -2.54. The summed E-state index contributed by atoms with van der Waals surface area (Å²) in [5.41, 5.74) is 0.571. The minimum atomic E-state index is -0.475. The number of piperidine rings is 1. The van der Waals surface area contributed by atoms with Gasteiger partial charge in [0.15, 0.2) is 0 Å². The molecule has 1 aromatic heterocycles. The first kappa shape index (κ1) is 28.7. The van der Waals surface area contributed by atoms with Crippen molar-refractivity contribution in [1.29, 1.82) is 0 Å². The van der Waals surface area contributed by atoms with Gasteiger partial charge in [-0.05, 0) is 76.8 Å². The molecule has 2 atom stereocenters. The second kappa shape index (κ2) is 13.5. The number of benzene rings is 1. The normalized spacial score (nSPS) is 16.8. The summed E-state index contributed by atoms with van der Waals surface area (Å²) in [7, 11) is 0. The van der Waals surface area contributed by atoms with Crippen molar-refractivity contribution < 1.29 is 14.3 Å². The quantitative estimate of drug-likeness (QED) is 0.410. The predicted molar refractivity (Wildman–Crippen MR) is 148 cm³/mol. The number of thiophene rings is 1. The van der Waals surface area contributed by atoms with Crippen LogP contribution in [-0.4, -0.2) is 48.2 Å². The molecule has 194 valence electrons. The molecule has 0 aliphatic carbocycles. The van der Waals surface area contributed by atoms with Crippen molar-refractivity contribution in [2.75, 3.05) is 13.1 Å². The summed E-state index contributed by atoms with van der Waals surface area (Å²) in [5.74, 6) is 0.711.